The van der Waals surface area contributed by atoms with Gasteiger partial charge < -0.3 is 20.4 Å². The summed E-state index contributed by atoms with van der Waals surface area (Å²) in [6, 6.07) is 5.31. The number of aryl methyl sites for hydroxylation is 1. The van der Waals surface area contributed by atoms with E-state index < -0.39 is 24.4 Å². The second-order valence-electron chi connectivity index (χ2n) is 10.3. The van der Waals surface area contributed by atoms with Crippen LogP contribution >= 0.6 is 0 Å². The van der Waals surface area contributed by atoms with Gasteiger partial charge in [0.1, 0.15) is 6.54 Å². The van der Waals surface area contributed by atoms with Crippen LogP contribution in [0.3, 0.4) is 0 Å². The number of halogens is 2. The SMILES string of the molecule is Cc1cccc(N2CCN(C(=O)Cn3nc(C(=O)N4CC[C@@H]([NH3+])C(F)(F)C4)c4c3CCC4)CC2)c1C. The Morgan fingerprint density at radius 3 is 2.56 bits per heavy atom. The number of aromatic nitrogens is 2. The number of nitrogens with zero attached hydrogens (tertiary/aromatic N) is 5. The van der Waals surface area contributed by atoms with Crippen molar-refractivity contribution in [2.45, 2.75) is 58.0 Å². The number of likely N-dealkylation sites (tertiary alicyclic amines) is 1. The molecule has 36 heavy (non-hydrogen) atoms. The second kappa shape index (κ2) is 9.46. The molecule has 0 spiro atoms. The van der Waals surface area contributed by atoms with E-state index in [0.29, 0.717) is 19.5 Å². The summed E-state index contributed by atoms with van der Waals surface area (Å²) >= 11 is 0. The highest BCUT2D eigenvalue weighted by atomic mass is 19.3. The molecule has 194 valence electrons. The monoisotopic (exact) mass is 501 g/mol. The van der Waals surface area contributed by atoms with Gasteiger partial charge in [-0.25, -0.2) is 0 Å². The number of piperidine rings is 1. The Morgan fingerprint density at radius 1 is 1.08 bits per heavy atom. The Hall–Kier alpha value is -3.01. The van der Waals surface area contributed by atoms with Crippen LogP contribution < -0.4 is 10.6 Å². The Bertz CT molecular complexity index is 1170. The van der Waals surface area contributed by atoms with Crippen LogP contribution in [-0.4, -0.2) is 82.6 Å². The highest BCUT2D eigenvalue weighted by Crippen LogP contribution is 2.30. The summed E-state index contributed by atoms with van der Waals surface area (Å²) in [7, 11) is 0. The number of carbonyl (C=O) groups is 2. The summed E-state index contributed by atoms with van der Waals surface area (Å²) in [4.78, 5) is 31.7. The van der Waals surface area contributed by atoms with Crippen molar-refractivity contribution in [1.82, 2.24) is 19.6 Å². The van der Waals surface area contributed by atoms with Gasteiger partial charge in [-0.15, -0.1) is 0 Å². The Balaban J connectivity index is 1.26. The molecule has 3 heterocycles. The van der Waals surface area contributed by atoms with Gasteiger partial charge in [0.05, 0.1) is 6.54 Å². The number of carbonyl (C=O) groups excluding carboxylic acids is 2. The number of hydrogen-bond acceptors (Lipinski definition) is 4. The van der Waals surface area contributed by atoms with Gasteiger partial charge in [-0.2, -0.15) is 13.9 Å². The van der Waals surface area contributed by atoms with Gasteiger partial charge >= 0.3 is 5.92 Å². The highest BCUT2D eigenvalue weighted by molar-refractivity contribution is 5.94. The van der Waals surface area contributed by atoms with Crippen molar-refractivity contribution in [3.8, 4) is 0 Å². The molecule has 2 aromatic rings. The van der Waals surface area contributed by atoms with E-state index in [4.69, 9.17) is 0 Å². The van der Waals surface area contributed by atoms with E-state index in [1.807, 2.05) is 4.90 Å². The number of fused-ring (bicyclic) bond motifs is 1. The number of anilines is 1. The standard InChI is InChI=1S/C26H34F2N6O2/c1-17-5-3-7-20(18(17)2)31-11-13-32(14-12-31)23(35)15-34-21-8-4-6-19(21)24(30-34)25(36)33-10-9-22(29)26(27,28)16-33/h3,5,7,22H,4,6,8-16,29H2,1-2H3/p+1/t22-/m1/s1. The summed E-state index contributed by atoms with van der Waals surface area (Å²) in [6.45, 7) is 6.67. The highest BCUT2D eigenvalue weighted by Gasteiger charge is 2.47. The quantitative estimate of drug-likeness (QED) is 0.687. The van der Waals surface area contributed by atoms with Gasteiger partial charge in [0, 0.05) is 56.1 Å². The molecule has 1 atom stereocenters. The third-order valence-electron chi connectivity index (χ3n) is 8.08. The van der Waals surface area contributed by atoms with Crippen molar-refractivity contribution in [3.63, 3.8) is 0 Å². The van der Waals surface area contributed by atoms with E-state index >= 15 is 0 Å². The van der Waals surface area contributed by atoms with Gasteiger partial charge in [-0.3, -0.25) is 14.3 Å². The maximum absolute atomic E-state index is 14.2. The zero-order valence-corrected chi connectivity index (χ0v) is 21.1. The average Bonchev–Trinajstić information content (AvgIpc) is 3.46. The first-order valence-electron chi connectivity index (χ1n) is 12.8. The fourth-order valence-electron chi connectivity index (χ4n) is 5.62. The molecule has 1 aromatic heterocycles. The minimum atomic E-state index is -3.01. The van der Waals surface area contributed by atoms with E-state index in [9.17, 15) is 18.4 Å². The third-order valence-corrected chi connectivity index (χ3v) is 8.08. The molecular weight excluding hydrogens is 466 g/mol. The molecule has 0 bridgehead atoms. The predicted octanol–water partition coefficient (Wildman–Crippen LogP) is 1.43. The van der Waals surface area contributed by atoms with Crippen LogP contribution in [0.25, 0.3) is 0 Å². The Kier molecular flexibility index (Phi) is 6.48. The minimum Gasteiger partial charge on any atom is -0.368 e. The summed E-state index contributed by atoms with van der Waals surface area (Å²) < 4.78 is 30.1. The van der Waals surface area contributed by atoms with Crippen LogP contribution in [0.15, 0.2) is 18.2 Å². The van der Waals surface area contributed by atoms with Gasteiger partial charge in [-0.1, -0.05) is 12.1 Å². The number of hydrogen-bond donors (Lipinski definition) is 1. The van der Waals surface area contributed by atoms with Crippen LogP contribution in [0.2, 0.25) is 0 Å². The third kappa shape index (κ3) is 4.47. The normalized spacial score (nSPS) is 21.6. The topological polar surface area (TPSA) is 89.3 Å². The molecule has 1 aliphatic carbocycles. The lowest BCUT2D eigenvalue weighted by molar-refractivity contribution is -0.468. The average molecular weight is 502 g/mol. The summed E-state index contributed by atoms with van der Waals surface area (Å²) in [6.07, 6.45) is 2.45. The van der Waals surface area contributed by atoms with E-state index in [0.717, 1.165) is 37.2 Å². The van der Waals surface area contributed by atoms with Crippen LogP contribution in [-0.2, 0) is 24.2 Å². The van der Waals surface area contributed by atoms with Crippen LogP contribution in [0.5, 0.6) is 0 Å². The summed E-state index contributed by atoms with van der Waals surface area (Å²) in [5, 5.41) is 4.50. The number of quaternary nitrogens is 1. The molecule has 1 aromatic carbocycles. The zero-order valence-electron chi connectivity index (χ0n) is 21.1. The predicted molar refractivity (Wildman–Crippen MR) is 131 cm³/mol. The molecule has 10 heteroatoms. The fraction of sp³-hybridized carbons (Fsp3) is 0.577. The number of amides is 2. The molecule has 2 aliphatic heterocycles. The molecule has 3 N–H and O–H groups in total. The van der Waals surface area contributed by atoms with Gasteiger partial charge in [0.2, 0.25) is 5.91 Å². The van der Waals surface area contributed by atoms with Crippen molar-refractivity contribution in [3.05, 3.63) is 46.3 Å². The lowest BCUT2D eigenvalue weighted by Gasteiger charge is -2.37. The first kappa shape index (κ1) is 24.7. The van der Waals surface area contributed by atoms with Crippen molar-refractivity contribution < 1.29 is 24.1 Å². The zero-order chi connectivity index (χ0) is 25.6. The number of rotatable bonds is 4. The van der Waals surface area contributed by atoms with Crippen molar-refractivity contribution >= 4 is 17.5 Å². The first-order chi connectivity index (χ1) is 17.2. The number of piperazine rings is 1. The molecule has 8 nitrogen and oxygen atoms in total. The van der Waals surface area contributed by atoms with E-state index in [-0.39, 0.29) is 31.1 Å². The molecule has 2 amide bonds. The van der Waals surface area contributed by atoms with Crippen LogP contribution in [0.4, 0.5) is 14.5 Å². The minimum absolute atomic E-state index is 0.0313. The van der Waals surface area contributed by atoms with Crippen molar-refractivity contribution in [1.29, 1.82) is 0 Å². The molecular formula is C26H35F2N6O2+. The fourth-order valence-corrected chi connectivity index (χ4v) is 5.62. The maximum Gasteiger partial charge on any atom is 0.315 e. The molecule has 2 fully saturated rings. The molecule has 0 unspecified atom stereocenters. The number of benzene rings is 1. The molecule has 2 saturated heterocycles. The second-order valence-corrected chi connectivity index (χ2v) is 10.3. The summed E-state index contributed by atoms with van der Waals surface area (Å²) in [5.74, 6) is -3.50. The van der Waals surface area contributed by atoms with Crippen molar-refractivity contribution in [2.75, 3.05) is 44.2 Å². The summed E-state index contributed by atoms with van der Waals surface area (Å²) in [5.41, 5.74) is 9.19. The van der Waals surface area contributed by atoms with Crippen LogP contribution in [0, 0.1) is 13.8 Å². The molecule has 0 radical (unpaired) electrons. The molecule has 5 rings (SSSR count). The number of alkyl halides is 2. The maximum atomic E-state index is 14.2. The van der Waals surface area contributed by atoms with Gasteiger partial charge in [-0.05, 0) is 50.3 Å². The Labute approximate surface area is 210 Å². The van der Waals surface area contributed by atoms with Crippen LogP contribution in [0.1, 0.15) is 45.7 Å². The molecule has 0 saturated carbocycles. The lowest BCUT2D eigenvalue weighted by Crippen LogP contribution is -2.74. The van der Waals surface area contributed by atoms with Crippen molar-refractivity contribution in [2.24, 2.45) is 0 Å². The first-order valence-corrected chi connectivity index (χ1v) is 12.8. The lowest BCUT2D eigenvalue weighted by atomic mass is 10.0. The smallest absolute Gasteiger partial charge is 0.315 e. The van der Waals surface area contributed by atoms with E-state index in [1.54, 1.807) is 4.68 Å². The Morgan fingerprint density at radius 2 is 1.83 bits per heavy atom. The van der Waals surface area contributed by atoms with E-state index in [1.165, 1.54) is 21.7 Å². The van der Waals surface area contributed by atoms with E-state index in [2.05, 4.69) is 47.8 Å². The van der Waals surface area contributed by atoms with Gasteiger partial charge in [0.15, 0.2) is 11.7 Å². The van der Waals surface area contributed by atoms with Gasteiger partial charge in [0.25, 0.3) is 5.91 Å². The molecule has 3 aliphatic rings. The largest absolute Gasteiger partial charge is 0.368 e.